The van der Waals surface area contributed by atoms with Crippen molar-refractivity contribution in [1.82, 2.24) is 9.62 Å². The second kappa shape index (κ2) is 7.51. The lowest BCUT2D eigenvalue weighted by molar-refractivity contribution is 0.216. The maximum absolute atomic E-state index is 12.6. The summed E-state index contributed by atoms with van der Waals surface area (Å²) in [5.74, 6) is 0.708. The van der Waals surface area contributed by atoms with Gasteiger partial charge in [-0.3, -0.25) is 4.90 Å². The molecule has 142 valence electrons. The minimum Gasteiger partial charge on any atom is -0.468 e. The number of furan rings is 1. The van der Waals surface area contributed by atoms with E-state index in [0.29, 0.717) is 5.76 Å². The molecule has 26 heavy (non-hydrogen) atoms. The van der Waals surface area contributed by atoms with Gasteiger partial charge < -0.3 is 4.42 Å². The second-order valence-corrected chi connectivity index (χ2v) is 10.2. The molecule has 0 radical (unpaired) electrons. The largest absolute Gasteiger partial charge is 0.468 e. The molecule has 2 aromatic rings. The number of sulfone groups is 1. The summed E-state index contributed by atoms with van der Waals surface area (Å²) in [6.45, 7) is 1.92. The van der Waals surface area contributed by atoms with E-state index in [1.54, 1.807) is 12.3 Å². The van der Waals surface area contributed by atoms with Crippen molar-refractivity contribution in [1.29, 1.82) is 0 Å². The number of benzene rings is 1. The first-order valence-electron chi connectivity index (χ1n) is 8.34. The van der Waals surface area contributed by atoms with Crippen LogP contribution in [0.2, 0.25) is 0 Å². The Balaban J connectivity index is 1.80. The van der Waals surface area contributed by atoms with Gasteiger partial charge in [0.1, 0.15) is 5.76 Å². The Labute approximate surface area is 154 Å². The number of sulfonamides is 1. The molecule has 0 aliphatic carbocycles. The molecule has 0 bridgehead atoms. The van der Waals surface area contributed by atoms with Crippen LogP contribution < -0.4 is 4.72 Å². The molecule has 9 heteroatoms. The number of hydrogen-bond acceptors (Lipinski definition) is 6. The topological polar surface area (TPSA) is 96.7 Å². The summed E-state index contributed by atoms with van der Waals surface area (Å²) in [6.07, 6.45) is 4.76. The molecular formula is C17H22N2O5S2. The highest BCUT2D eigenvalue weighted by molar-refractivity contribution is 7.91. The van der Waals surface area contributed by atoms with Crippen LogP contribution in [0.4, 0.5) is 0 Å². The van der Waals surface area contributed by atoms with Crippen molar-refractivity contribution < 1.29 is 21.3 Å². The van der Waals surface area contributed by atoms with E-state index in [9.17, 15) is 16.8 Å². The van der Waals surface area contributed by atoms with Crippen molar-refractivity contribution in [2.75, 3.05) is 25.9 Å². The molecule has 1 atom stereocenters. The van der Waals surface area contributed by atoms with Gasteiger partial charge in [0.2, 0.25) is 10.0 Å². The van der Waals surface area contributed by atoms with Crippen molar-refractivity contribution in [3.8, 4) is 0 Å². The van der Waals surface area contributed by atoms with Gasteiger partial charge in [-0.2, -0.15) is 0 Å². The predicted octanol–water partition coefficient (Wildman–Crippen LogP) is 1.80. The van der Waals surface area contributed by atoms with Gasteiger partial charge in [0.05, 0.1) is 22.1 Å². The molecule has 2 heterocycles. The Kier molecular flexibility index (Phi) is 5.52. The third-order valence-corrected chi connectivity index (χ3v) is 7.00. The average Bonchev–Trinajstić information content (AvgIpc) is 3.28. The van der Waals surface area contributed by atoms with E-state index in [-0.39, 0.29) is 22.4 Å². The van der Waals surface area contributed by atoms with E-state index in [2.05, 4.69) is 9.62 Å². The highest BCUT2D eigenvalue weighted by Gasteiger charge is 2.27. The maximum Gasteiger partial charge on any atom is 0.240 e. The van der Waals surface area contributed by atoms with Gasteiger partial charge in [-0.15, -0.1) is 0 Å². The molecule has 1 N–H and O–H groups in total. The summed E-state index contributed by atoms with van der Waals surface area (Å²) < 4.78 is 56.7. The average molecular weight is 399 g/mol. The standard InChI is InChI=1S/C17H22N2O5S2/c1-25(20,21)14-6-4-7-15(12-14)26(22,23)18-13-16(17-8-5-11-24-17)19-9-2-3-10-19/h4-8,11-12,16,18H,2-3,9-10,13H2,1H3. The van der Waals surface area contributed by atoms with Crippen LogP contribution in [-0.2, 0) is 19.9 Å². The zero-order valence-corrected chi connectivity index (χ0v) is 16.1. The molecular weight excluding hydrogens is 376 g/mol. The Hall–Kier alpha value is -1.68. The van der Waals surface area contributed by atoms with E-state index in [1.165, 1.54) is 24.3 Å². The molecule has 1 fully saturated rings. The number of nitrogens with zero attached hydrogens (tertiary/aromatic N) is 1. The third-order valence-electron chi connectivity index (χ3n) is 4.46. The van der Waals surface area contributed by atoms with E-state index in [4.69, 9.17) is 4.42 Å². The van der Waals surface area contributed by atoms with Crippen LogP contribution in [0.15, 0.2) is 56.9 Å². The van der Waals surface area contributed by atoms with E-state index < -0.39 is 19.9 Å². The number of rotatable bonds is 7. The van der Waals surface area contributed by atoms with Crippen LogP contribution in [0, 0.1) is 0 Å². The van der Waals surface area contributed by atoms with Crippen molar-refractivity contribution in [2.24, 2.45) is 0 Å². The Morgan fingerprint density at radius 3 is 2.38 bits per heavy atom. The molecule has 1 aromatic carbocycles. The Bertz CT molecular complexity index is 947. The molecule has 0 amide bonds. The van der Waals surface area contributed by atoms with Crippen LogP contribution in [0.5, 0.6) is 0 Å². The van der Waals surface area contributed by atoms with Crippen LogP contribution in [0.25, 0.3) is 0 Å². The lowest BCUT2D eigenvalue weighted by atomic mass is 10.2. The van der Waals surface area contributed by atoms with Crippen LogP contribution in [0.1, 0.15) is 24.6 Å². The molecule has 0 spiro atoms. The normalized spacial score (nSPS) is 17.4. The van der Waals surface area contributed by atoms with E-state index in [0.717, 1.165) is 32.2 Å². The van der Waals surface area contributed by atoms with Gasteiger partial charge in [0, 0.05) is 12.8 Å². The molecule has 7 nitrogen and oxygen atoms in total. The van der Waals surface area contributed by atoms with Gasteiger partial charge in [-0.25, -0.2) is 21.6 Å². The summed E-state index contributed by atoms with van der Waals surface area (Å²) in [7, 11) is -7.32. The Morgan fingerprint density at radius 2 is 1.77 bits per heavy atom. The third kappa shape index (κ3) is 4.35. The molecule has 1 unspecified atom stereocenters. The predicted molar refractivity (Wildman–Crippen MR) is 97.0 cm³/mol. The summed E-state index contributed by atoms with van der Waals surface area (Å²) in [5.41, 5.74) is 0. The number of likely N-dealkylation sites (tertiary alicyclic amines) is 1. The van der Waals surface area contributed by atoms with Crippen molar-refractivity contribution in [3.05, 3.63) is 48.4 Å². The summed E-state index contributed by atoms with van der Waals surface area (Å²) in [6, 6.07) is 8.79. The van der Waals surface area contributed by atoms with Crippen LogP contribution in [-0.4, -0.2) is 47.6 Å². The first kappa shape index (κ1) is 19.1. The van der Waals surface area contributed by atoms with E-state index >= 15 is 0 Å². The van der Waals surface area contributed by atoms with E-state index in [1.807, 2.05) is 6.07 Å². The van der Waals surface area contributed by atoms with Crippen molar-refractivity contribution >= 4 is 19.9 Å². The van der Waals surface area contributed by atoms with Gasteiger partial charge in [0.25, 0.3) is 0 Å². The van der Waals surface area contributed by atoms with Crippen molar-refractivity contribution in [2.45, 2.75) is 28.7 Å². The Morgan fingerprint density at radius 1 is 1.08 bits per heavy atom. The SMILES string of the molecule is CS(=O)(=O)c1cccc(S(=O)(=O)NCC(c2ccco2)N2CCCC2)c1. The summed E-state index contributed by atoms with van der Waals surface area (Å²) in [4.78, 5) is 2.09. The molecule has 3 rings (SSSR count). The van der Waals surface area contributed by atoms with Gasteiger partial charge in [0.15, 0.2) is 9.84 Å². The van der Waals surface area contributed by atoms with Crippen LogP contribution in [0.3, 0.4) is 0 Å². The van der Waals surface area contributed by atoms with Gasteiger partial charge >= 0.3 is 0 Å². The summed E-state index contributed by atoms with van der Waals surface area (Å²) in [5, 5.41) is 0. The number of nitrogens with one attached hydrogen (secondary N) is 1. The first-order chi connectivity index (χ1) is 12.3. The lowest BCUT2D eigenvalue weighted by Crippen LogP contribution is -2.36. The lowest BCUT2D eigenvalue weighted by Gasteiger charge is -2.26. The minimum atomic E-state index is -3.84. The molecule has 1 aliphatic rings. The highest BCUT2D eigenvalue weighted by Crippen LogP contribution is 2.25. The molecule has 1 aliphatic heterocycles. The van der Waals surface area contributed by atoms with Crippen molar-refractivity contribution in [3.63, 3.8) is 0 Å². The maximum atomic E-state index is 12.6. The first-order valence-corrected chi connectivity index (χ1v) is 11.7. The monoisotopic (exact) mass is 398 g/mol. The zero-order chi connectivity index (χ0) is 18.8. The minimum absolute atomic E-state index is 0.0255. The zero-order valence-electron chi connectivity index (χ0n) is 14.5. The smallest absolute Gasteiger partial charge is 0.240 e. The fourth-order valence-electron chi connectivity index (χ4n) is 3.09. The quantitative estimate of drug-likeness (QED) is 0.764. The second-order valence-electron chi connectivity index (χ2n) is 6.37. The fourth-order valence-corrected chi connectivity index (χ4v) is 4.91. The molecule has 1 aromatic heterocycles. The molecule has 0 saturated carbocycles. The van der Waals surface area contributed by atoms with Gasteiger partial charge in [-0.05, 0) is 56.3 Å². The van der Waals surface area contributed by atoms with Gasteiger partial charge in [-0.1, -0.05) is 6.07 Å². The fraction of sp³-hybridized carbons (Fsp3) is 0.412. The highest BCUT2D eigenvalue weighted by atomic mass is 32.2. The van der Waals surface area contributed by atoms with Crippen LogP contribution >= 0.6 is 0 Å². The summed E-state index contributed by atoms with van der Waals surface area (Å²) >= 11 is 0. The number of hydrogen-bond donors (Lipinski definition) is 1. The molecule has 1 saturated heterocycles.